The van der Waals surface area contributed by atoms with Crippen LogP contribution in [0.25, 0.3) is 0 Å². The Hall–Kier alpha value is -0.0900. The Balaban J connectivity index is 2.20. The minimum atomic E-state index is -2.72. The summed E-state index contributed by atoms with van der Waals surface area (Å²) in [4.78, 5) is 0. The lowest BCUT2D eigenvalue weighted by Gasteiger charge is -2.15. The molecule has 1 fully saturated rings. The molecule has 0 spiro atoms. The highest BCUT2D eigenvalue weighted by molar-refractivity contribution is 7.91. The molecule has 14 heavy (non-hydrogen) atoms. The van der Waals surface area contributed by atoms with Gasteiger partial charge in [-0.2, -0.15) is 0 Å². The maximum atomic E-state index is 11.2. The van der Waals surface area contributed by atoms with Crippen molar-refractivity contribution >= 4 is 9.84 Å². The lowest BCUT2D eigenvalue weighted by Crippen LogP contribution is -2.33. The summed E-state index contributed by atoms with van der Waals surface area (Å²) in [6, 6.07) is 0.208. The molecule has 1 N–H and O–H groups in total. The average Bonchev–Trinajstić information content (AvgIpc) is 2.43. The van der Waals surface area contributed by atoms with Gasteiger partial charge >= 0.3 is 0 Å². The van der Waals surface area contributed by atoms with Gasteiger partial charge in [0, 0.05) is 6.04 Å². The SMILES string of the molecule is CCCC(C)CNC1CCS(=O)(=O)C1. The third kappa shape index (κ3) is 3.96. The highest BCUT2D eigenvalue weighted by Crippen LogP contribution is 2.12. The van der Waals surface area contributed by atoms with Gasteiger partial charge in [-0.05, 0) is 25.3 Å². The summed E-state index contributed by atoms with van der Waals surface area (Å²) >= 11 is 0. The Bertz CT molecular complexity index is 261. The summed E-state index contributed by atoms with van der Waals surface area (Å²) in [6.45, 7) is 5.34. The summed E-state index contributed by atoms with van der Waals surface area (Å²) in [5, 5.41) is 3.34. The average molecular weight is 219 g/mol. The number of nitrogens with one attached hydrogen (secondary N) is 1. The van der Waals surface area contributed by atoms with Crippen molar-refractivity contribution in [3.8, 4) is 0 Å². The number of rotatable bonds is 5. The molecular formula is C10H21NO2S. The molecule has 2 atom stereocenters. The van der Waals surface area contributed by atoms with Crippen LogP contribution in [0.15, 0.2) is 0 Å². The summed E-state index contributed by atoms with van der Waals surface area (Å²) in [5.74, 6) is 1.36. The first-order valence-corrected chi connectivity index (χ1v) is 7.29. The van der Waals surface area contributed by atoms with Crippen molar-refractivity contribution in [1.82, 2.24) is 5.32 Å². The molecule has 1 aliphatic heterocycles. The molecule has 0 bridgehead atoms. The van der Waals surface area contributed by atoms with Gasteiger partial charge in [-0.1, -0.05) is 20.3 Å². The number of hydrogen-bond acceptors (Lipinski definition) is 3. The van der Waals surface area contributed by atoms with Crippen LogP contribution in [0.3, 0.4) is 0 Å². The Morgan fingerprint density at radius 3 is 2.71 bits per heavy atom. The second-order valence-electron chi connectivity index (χ2n) is 4.40. The molecule has 1 saturated heterocycles. The highest BCUT2D eigenvalue weighted by Gasteiger charge is 2.27. The van der Waals surface area contributed by atoms with Gasteiger partial charge in [-0.3, -0.25) is 0 Å². The van der Waals surface area contributed by atoms with Crippen LogP contribution in [0.2, 0.25) is 0 Å². The van der Waals surface area contributed by atoms with Crippen LogP contribution < -0.4 is 5.32 Å². The zero-order chi connectivity index (χ0) is 10.6. The first-order chi connectivity index (χ1) is 6.53. The molecule has 1 aliphatic rings. The largest absolute Gasteiger partial charge is 0.313 e. The molecule has 84 valence electrons. The van der Waals surface area contributed by atoms with Gasteiger partial charge in [-0.25, -0.2) is 8.42 Å². The standard InChI is InChI=1S/C10H21NO2S/c1-3-4-9(2)7-11-10-5-6-14(12,13)8-10/h9-11H,3-8H2,1-2H3. The summed E-state index contributed by atoms with van der Waals surface area (Å²) in [7, 11) is -2.72. The first kappa shape index (κ1) is 12.0. The zero-order valence-electron chi connectivity index (χ0n) is 9.12. The second kappa shape index (κ2) is 5.12. The van der Waals surface area contributed by atoms with E-state index < -0.39 is 9.84 Å². The second-order valence-corrected chi connectivity index (χ2v) is 6.63. The van der Waals surface area contributed by atoms with E-state index in [1.165, 1.54) is 12.8 Å². The maximum Gasteiger partial charge on any atom is 0.151 e. The Morgan fingerprint density at radius 1 is 1.50 bits per heavy atom. The fraction of sp³-hybridized carbons (Fsp3) is 1.00. The predicted octanol–water partition coefficient (Wildman–Crippen LogP) is 1.20. The molecule has 4 heteroatoms. The Kier molecular flexibility index (Phi) is 4.38. The van der Waals surface area contributed by atoms with Crippen molar-refractivity contribution in [1.29, 1.82) is 0 Å². The fourth-order valence-electron chi connectivity index (χ4n) is 1.92. The van der Waals surface area contributed by atoms with Crippen LogP contribution in [-0.4, -0.2) is 32.5 Å². The van der Waals surface area contributed by atoms with Gasteiger partial charge in [0.25, 0.3) is 0 Å². The van der Waals surface area contributed by atoms with Crippen LogP contribution in [0.5, 0.6) is 0 Å². The molecule has 0 aromatic carbocycles. The Morgan fingerprint density at radius 2 is 2.21 bits per heavy atom. The van der Waals surface area contributed by atoms with Gasteiger partial charge < -0.3 is 5.32 Å². The molecule has 2 unspecified atom stereocenters. The van der Waals surface area contributed by atoms with Crippen molar-refractivity contribution in [3.63, 3.8) is 0 Å². The lowest BCUT2D eigenvalue weighted by molar-refractivity contribution is 0.440. The number of hydrogen-bond donors (Lipinski definition) is 1. The van der Waals surface area contributed by atoms with E-state index in [1.807, 2.05) is 0 Å². The third-order valence-electron chi connectivity index (χ3n) is 2.77. The highest BCUT2D eigenvalue weighted by atomic mass is 32.2. The van der Waals surface area contributed by atoms with Gasteiger partial charge in [0.15, 0.2) is 9.84 Å². The van der Waals surface area contributed by atoms with E-state index in [0.29, 0.717) is 17.4 Å². The maximum absolute atomic E-state index is 11.2. The molecule has 1 rings (SSSR count). The van der Waals surface area contributed by atoms with E-state index in [0.717, 1.165) is 13.0 Å². The third-order valence-corrected chi connectivity index (χ3v) is 4.54. The van der Waals surface area contributed by atoms with E-state index in [4.69, 9.17) is 0 Å². The molecule has 0 saturated carbocycles. The van der Waals surface area contributed by atoms with Crippen LogP contribution in [0, 0.1) is 5.92 Å². The quantitative estimate of drug-likeness (QED) is 0.756. The van der Waals surface area contributed by atoms with Gasteiger partial charge in [-0.15, -0.1) is 0 Å². The van der Waals surface area contributed by atoms with Crippen molar-refractivity contribution in [2.45, 2.75) is 39.2 Å². The minimum Gasteiger partial charge on any atom is -0.313 e. The molecule has 3 nitrogen and oxygen atoms in total. The molecular weight excluding hydrogens is 198 g/mol. The van der Waals surface area contributed by atoms with Crippen LogP contribution in [-0.2, 0) is 9.84 Å². The topological polar surface area (TPSA) is 46.2 Å². The van der Waals surface area contributed by atoms with Crippen molar-refractivity contribution in [3.05, 3.63) is 0 Å². The van der Waals surface area contributed by atoms with Crippen LogP contribution in [0.4, 0.5) is 0 Å². The number of sulfone groups is 1. The normalized spacial score (nSPS) is 27.7. The summed E-state index contributed by atoms with van der Waals surface area (Å²) in [5.41, 5.74) is 0. The van der Waals surface area contributed by atoms with Gasteiger partial charge in [0.05, 0.1) is 11.5 Å². The van der Waals surface area contributed by atoms with Crippen molar-refractivity contribution in [2.75, 3.05) is 18.1 Å². The minimum absolute atomic E-state index is 0.208. The van der Waals surface area contributed by atoms with E-state index >= 15 is 0 Å². The lowest BCUT2D eigenvalue weighted by atomic mass is 10.1. The molecule has 0 aromatic rings. The van der Waals surface area contributed by atoms with E-state index in [1.54, 1.807) is 0 Å². The van der Waals surface area contributed by atoms with Crippen molar-refractivity contribution < 1.29 is 8.42 Å². The first-order valence-electron chi connectivity index (χ1n) is 5.47. The van der Waals surface area contributed by atoms with Crippen molar-refractivity contribution in [2.24, 2.45) is 5.92 Å². The van der Waals surface area contributed by atoms with E-state index in [2.05, 4.69) is 19.2 Å². The Labute approximate surface area is 87.2 Å². The van der Waals surface area contributed by atoms with E-state index in [-0.39, 0.29) is 6.04 Å². The predicted molar refractivity (Wildman–Crippen MR) is 59.1 cm³/mol. The van der Waals surface area contributed by atoms with Crippen LogP contribution in [0.1, 0.15) is 33.1 Å². The zero-order valence-corrected chi connectivity index (χ0v) is 9.94. The summed E-state index contributed by atoms with van der Waals surface area (Å²) in [6.07, 6.45) is 3.21. The molecule has 1 heterocycles. The molecule has 0 amide bonds. The van der Waals surface area contributed by atoms with Gasteiger partial charge in [0.1, 0.15) is 0 Å². The van der Waals surface area contributed by atoms with Gasteiger partial charge in [0.2, 0.25) is 0 Å². The summed E-state index contributed by atoms with van der Waals surface area (Å²) < 4.78 is 22.3. The smallest absolute Gasteiger partial charge is 0.151 e. The molecule has 0 aliphatic carbocycles. The fourth-order valence-corrected chi connectivity index (χ4v) is 3.63. The monoisotopic (exact) mass is 219 g/mol. The van der Waals surface area contributed by atoms with E-state index in [9.17, 15) is 8.42 Å². The molecule has 0 aromatic heterocycles. The van der Waals surface area contributed by atoms with Crippen LogP contribution >= 0.6 is 0 Å². The molecule has 0 radical (unpaired) electrons.